The Labute approximate surface area is 508 Å². The first kappa shape index (κ1) is 64.4. The van der Waals surface area contributed by atoms with E-state index in [1.807, 2.05) is 0 Å². The highest BCUT2D eigenvalue weighted by Gasteiger charge is 2.32. The summed E-state index contributed by atoms with van der Waals surface area (Å²) in [6, 6.07) is 93.5. The fraction of sp³-hybridized carbons (Fsp3) is 0.280. The Morgan fingerprint density at radius 3 is 1.07 bits per heavy atom. The number of hydrogen-bond donors (Lipinski definition) is 0. The van der Waals surface area contributed by atoms with Crippen molar-refractivity contribution in [2.24, 2.45) is 0 Å². The van der Waals surface area contributed by atoms with Crippen LogP contribution in [0.4, 0.5) is 0 Å². The van der Waals surface area contributed by atoms with Crippen LogP contribution >= 0.6 is 0 Å². The lowest BCUT2D eigenvalue weighted by Gasteiger charge is -2.30. The molecule has 432 valence electrons. The fourth-order valence-corrected chi connectivity index (χ4v) is 16.7. The summed E-state index contributed by atoms with van der Waals surface area (Å²) in [5.41, 5.74) is 4.15. The highest BCUT2D eigenvalue weighted by molar-refractivity contribution is 7.97. The molecule has 83 heavy (non-hydrogen) atoms. The van der Waals surface area contributed by atoms with Crippen LogP contribution in [0.3, 0.4) is 0 Å². The fourth-order valence-electron chi connectivity index (χ4n) is 10.2. The minimum Gasteiger partial charge on any atom is -0.383 e. The molecule has 0 aliphatic rings. The van der Waals surface area contributed by atoms with Crippen molar-refractivity contribution in [1.82, 2.24) is 14.7 Å². The number of hydrogen-bond acceptors (Lipinski definition) is 5. The lowest BCUT2D eigenvalue weighted by Crippen LogP contribution is -2.36. The van der Waals surface area contributed by atoms with Gasteiger partial charge in [0.1, 0.15) is 0 Å². The first-order chi connectivity index (χ1) is 40.7. The molecular formula is C75H90N3O2S3+3. The monoisotopic (exact) mass is 1160 g/mol. The van der Waals surface area contributed by atoms with Crippen molar-refractivity contribution in [3.63, 3.8) is 0 Å². The average Bonchev–Trinajstić information content (AvgIpc) is 3.73. The van der Waals surface area contributed by atoms with Crippen LogP contribution in [0.2, 0.25) is 0 Å². The number of nitrogens with zero attached hydrogens (tertiary/aromatic N) is 3. The number of ether oxygens (including phenoxy) is 2. The summed E-state index contributed by atoms with van der Waals surface area (Å²) < 4.78 is 10.6. The SMILES string of the molecule is CC(C)N(Cc1ccc([S+](c2ccccc2)c2ccccc2)cc1)C(C)C.CCCN(CCOC)Cc1cccc([S+](c2ccccc2)c2ccccc2)c1.CCCN(CCOC)Cc1ccccc1[S+](c1ccccc1)c1ccccc1. The summed E-state index contributed by atoms with van der Waals surface area (Å²) in [6.07, 6.45) is 2.30. The van der Waals surface area contributed by atoms with Crippen LogP contribution in [0.5, 0.6) is 0 Å². The Balaban J connectivity index is 0.000000179. The van der Waals surface area contributed by atoms with E-state index in [0.29, 0.717) is 12.1 Å². The molecule has 9 rings (SSSR count). The molecule has 9 aromatic carbocycles. The molecule has 0 radical (unpaired) electrons. The molecule has 0 saturated heterocycles. The Morgan fingerprint density at radius 1 is 0.325 bits per heavy atom. The van der Waals surface area contributed by atoms with Gasteiger partial charge < -0.3 is 9.47 Å². The van der Waals surface area contributed by atoms with Crippen LogP contribution in [-0.4, -0.2) is 80.4 Å². The molecule has 0 unspecified atom stereocenters. The van der Waals surface area contributed by atoms with Crippen LogP contribution in [0.15, 0.2) is 299 Å². The maximum absolute atomic E-state index is 5.33. The van der Waals surface area contributed by atoms with Crippen molar-refractivity contribution in [3.05, 3.63) is 271 Å². The van der Waals surface area contributed by atoms with Gasteiger partial charge in [-0.2, -0.15) is 0 Å². The summed E-state index contributed by atoms with van der Waals surface area (Å²) in [7, 11) is 3.28. The number of methoxy groups -OCH3 is 2. The largest absolute Gasteiger partial charge is 0.383 e. The third-order valence-corrected chi connectivity index (χ3v) is 20.9. The minimum atomic E-state index is -0.110. The van der Waals surface area contributed by atoms with Gasteiger partial charge in [-0.15, -0.1) is 0 Å². The lowest BCUT2D eigenvalue weighted by atomic mass is 10.1. The molecule has 8 heteroatoms. The van der Waals surface area contributed by atoms with E-state index in [4.69, 9.17) is 9.47 Å². The Hall–Kier alpha value is -6.17. The summed E-state index contributed by atoms with van der Waals surface area (Å²) >= 11 is 0. The second-order valence-corrected chi connectivity index (χ2v) is 27.1. The zero-order valence-corrected chi connectivity index (χ0v) is 53.0. The summed E-state index contributed by atoms with van der Waals surface area (Å²) in [5, 5.41) is 0. The van der Waals surface area contributed by atoms with Crippen molar-refractivity contribution in [3.8, 4) is 0 Å². The van der Waals surface area contributed by atoms with E-state index in [1.54, 1.807) is 14.2 Å². The van der Waals surface area contributed by atoms with Crippen molar-refractivity contribution in [2.45, 2.75) is 130 Å². The first-order valence-corrected chi connectivity index (χ1v) is 33.4. The molecule has 0 aliphatic heterocycles. The zero-order valence-electron chi connectivity index (χ0n) is 50.6. The molecule has 0 N–H and O–H groups in total. The quantitative estimate of drug-likeness (QED) is 0.0479. The molecule has 0 bridgehead atoms. The van der Waals surface area contributed by atoms with Gasteiger partial charge >= 0.3 is 0 Å². The van der Waals surface area contributed by atoms with E-state index in [1.165, 1.54) is 60.7 Å². The van der Waals surface area contributed by atoms with Gasteiger partial charge in [0.25, 0.3) is 0 Å². The molecule has 0 spiro atoms. The molecule has 0 heterocycles. The van der Waals surface area contributed by atoms with Gasteiger partial charge in [-0.05, 0) is 168 Å². The Kier molecular flexibility index (Phi) is 27.8. The van der Waals surface area contributed by atoms with Crippen LogP contribution in [0.25, 0.3) is 0 Å². The predicted octanol–water partition coefficient (Wildman–Crippen LogP) is 17.7. The third-order valence-electron chi connectivity index (χ3n) is 14.2. The topological polar surface area (TPSA) is 28.2 Å². The Morgan fingerprint density at radius 2 is 0.675 bits per heavy atom. The lowest BCUT2D eigenvalue weighted by molar-refractivity contribution is 0.143. The van der Waals surface area contributed by atoms with Gasteiger partial charge in [0.15, 0.2) is 44.1 Å². The number of rotatable bonds is 27. The van der Waals surface area contributed by atoms with Crippen molar-refractivity contribution >= 4 is 32.7 Å². The van der Waals surface area contributed by atoms with Crippen LogP contribution in [-0.2, 0) is 61.8 Å². The van der Waals surface area contributed by atoms with E-state index in [0.717, 1.165) is 71.9 Å². The number of benzene rings is 9. The second-order valence-electron chi connectivity index (χ2n) is 21.1. The third kappa shape index (κ3) is 20.3. The molecule has 0 atom stereocenters. The molecule has 0 fully saturated rings. The van der Waals surface area contributed by atoms with E-state index >= 15 is 0 Å². The van der Waals surface area contributed by atoms with Crippen molar-refractivity contribution in [2.75, 3.05) is 53.6 Å². The van der Waals surface area contributed by atoms with Gasteiger partial charge in [-0.25, -0.2) is 0 Å². The molecule has 0 aromatic heterocycles. The molecule has 9 aromatic rings. The second kappa shape index (κ2) is 35.9. The van der Waals surface area contributed by atoms with E-state index in [9.17, 15) is 0 Å². The van der Waals surface area contributed by atoms with Gasteiger partial charge in [-0.1, -0.05) is 166 Å². The Bertz CT molecular complexity index is 3010. The highest BCUT2D eigenvalue weighted by atomic mass is 32.2. The van der Waals surface area contributed by atoms with Gasteiger partial charge in [-0.3, -0.25) is 14.7 Å². The minimum absolute atomic E-state index is 0.0668. The van der Waals surface area contributed by atoms with Crippen molar-refractivity contribution in [1.29, 1.82) is 0 Å². The highest BCUT2D eigenvalue weighted by Crippen LogP contribution is 2.35. The van der Waals surface area contributed by atoms with E-state index in [-0.39, 0.29) is 32.7 Å². The smallest absolute Gasteiger partial charge is 0.171 e. The van der Waals surface area contributed by atoms with E-state index < -0.39 is 0 Å². The zero-order chi connectivity index (χ0) is 58.4. The average molecular weight is 1160 g/mol. The normalized spacial score (nSPS) is 11.4. The van der Waals surface area contributed by atoms with Gasteiger partial charge in [0.2, 0.25) is 0 Å². The maximum Gasteiger partial charge on any atom is 0.171 e. The van der Waals surface area contributed by atoms with Crippen molar-refractivity contribution < 1.29 is 9.47 Å². The van der Waals surface area contributed by atoms with Crippen LogP contribution in [0, 0.1) is 0 Å². The van der Waals surface area contributed by atoms with Gasteiger partial charge in [0, 0.05) is 64.6 Å². The molecule has 5 nitrogen and oxygen atoms in total. The summed E-state index contributed by atoms with van der Waals surface area (Å²) in [6.45, 7) is 22.1. The maximum atomic E-state index is 5.33. The summed E-state index contributed by atoms with van der Waals surface area (Å²) in [5.74, 6) is 0. The standard InChI is InChI=1S/2C25H30NOS.C25H30NS/c1-3-18-26(19-20-27-2)21-22-12-10-11-17-25(22)28(23-13-6-4-7-14-23)24-15-8-5-9-16-24;1-3-17-26(18-19-27-2)21-22-11-10-16-25(20-22)28(23-12-6-4-7-13-23)24-14-8-5-9-15-24;1-20(2)26(21(3)4)19-22-15-17-25(18-16-22)27(23-11-7-5-8-12-23)24-13-9-6-10-14-24/h4-17H,3,18-21H2,1-2H3;4-16,20H,3,17-19,21H2,1-2H3;5-18,20-21H,19H2,1-4H3/q3*+1. The summed E-state index contributed by atoms with van der Waals surface area (Å²) in [4.78, 5) is 19.8. The first-order valence-electron chi connectivity index (χ1n) is 29.7. The predicted molar refractivity (Wildman–Crippen MR) is 355 cm³/mol. The molecule has 0 aliphatic carbocycles. The molecular weight excluding hydrogens is 1070 g/mol. The van der Waals surface area contributed by atoms with Crippen LogP contribution in [0.1, 0.15) is 71.1 Å². The molecule has 0 amide bonds. The van der Waals surface area contributed by atoms with Gasteiger partial charge in [0.05, 0.1) is 45.9 Å². The molecule has 0 saturated carbocycles. The van der Waals surface area contributed by atoms with Crippen LogP contribution < -0.4 is 0 Å². The van der Waals surface area contributed by atoms with E-state index in [2.05, 4.69) is 311 Å².